The van der Waals surface area contributed by atoms with Crippen LogP contribution >= 0.6 is 0 Å². The van der Waals surface area contributed by atoms with Gasteiger partial charge in [0, 0.05) is 29.6 Å². The van der Waals surface area contributed by atoms with Gasteiger partial charge in [-0.3, -0.25) is 9.52 Å². The summed E-state index contributed by atoms with van der Waals surface area (Å²) in [5.74, 6) is 0.412. The lowest BCUT2D eigenvalue weighted by Gasteiger charge is -2.28. The number of methoxy groups -OCH3 is 2. The van der Waals surface area contributed by atoms with E-state index in [2.05, 4.69) is 31.0 Å². The molecule has 1 aliphatic carbocycles. The third-order valence-corrected chi connectivity index (χ3v) is 7.72. The van der Waals surface area contributed by atoms with Gasteiger partial charge in [0.15, 0.2) is 11.6 Å². The van der Waals surface area contributed by atoms with Gasteiger partial charge in [-0.1, -0.05) is 36.4 Å². The standard InChI is InChI=1S/C30H29FN6O5S/c1-41-21-14-20(15-22(17-21)42-2)34-29-30(36-27-13-6-5-12-26(27)35-29)37-43(39,40)23-9-7-8-19(16-23)33-28(38)18-32-25-11-4-3-10-24(25)31/h3-17,27,32,34,36-37H,18H2,1-2H3,(H,33,38). The minimum atomic E-state index is -4.16. The fraction of sp³-hybridized carbons (Fsp3) is 0.133. The summed E-state index contributed by atoms with van der Waals surface area (Å²) in [6.07, 6.45) is 7.35. The van der Waals surface area contributed by atoms with E-state index in [1.165, 1.54) is 44.6 Å². The van der Waals surface area contributed by atoms with Gasteiger partial charge < -0.3 is 30.7 Å². The van der Waals surface area contributed by atoms with Crippen LogP contribution in [-0.4, -0.2) is 46.8 Å². The number of hydrogen-bond acceptors (Lipinski definition) is 9. The second-order valence-electron chi connectivity index (χ2n) is 9.37. The Bertz CT molecular complexity index is 1750. The highest BCUT2D eigenvalue weighted by atomic mass is 32.2. The average molecular weight is 605 g/mol. The van der Waals surface area contributed by atoms with Gasteiger partial charge in [0.25, 0.3) is 10.0 Å². The maximum absolute atomic E-state index is 13.8. The van der Waals surface area contributed by atoms with Crippen molar-refractivity contribution < 1.29 is 27.1 Å². The lowest BCUT2D eigenvalue weighted by atomic mass is 10.1. The number of carbonyl (C=O) groups excluding carboxylic acids is 1. The Morgan fingerprint density at radius 1 is 0.977 bits per heavy atom. The molecule has 5 N–H and O–H groups in total. The SMILES string of the molecule is COc1cc(NC2=C(NS(=O)(=O)c3cccc(NC(=O)CNc4ccccc4F)c3)NC3C=CC=CC3=N2)cc(OC)c1. The van der Waals surface area contributed by atoms with Crippen LogP contribution in [0.3, 0.4) is 0 Å². The Balaban J connectivity index is 1.37. The Labute approximate surface area is 248 Å². The molecule has 1 amide bonds. The van der Waals surface area contributed by atoms with Crippen LogP contribution in [0.2, 0.25) is 0 Å². The monoisotopic (exact) mass is 604 g/mol. The first-order valence-electron chi connectivity index (χ1n) is 13.1. The first-order valence-corrected chi connectivity index (χ1v) is 14.6. The zero-order valence-corrected chi connectivity index (χ0v) is 24.0. The molecule has 2 aliphatic rings. The van der Waals surface area contributed by atoms with Gasteiger partial charge in [-0.05, 0) is 36.4 Å². The smallest absolute Gasteiger partial charge is 0.263 e. The molecule has 0 fully saturated rings. The molecule has 222 valence electrons. The lowest BCUT2D eigenvalue weighted by Crippen LogP contribution is -2.45. The number of anilines is 3. The molecule has 0 saturated carbocycles. The number of nitrogens with one attached hydrogen (secondary N) is 5. The van der Waals surface area contributed by atoms with Crippen molar-refractivity contribution in [2.24, 2.45) is 4.99 Å². The number of ether oxygens (including phenoxy) is 2. The van der Waals surface area contributed by atoms with Crippen LogP contribution in [0, 0.1) is 5.82 Å². The van der Waals surface area contributed by atoms with Gasteiger partial charge in [-0.25, -0.2) is 17.8 Å². The largest absolute Gasteiger partial charge is 0.497 e. The number of benzene rings is 3. The molecule has 0 saturated heterocycles. The number of carbonyl (C=O) groups is 1. The third kappa shape index (κ3) is 7.13. The number of amides is 1. The maximum atomic E-state index is 13.8. The van der Waals surface area contributed by atoms with E-state index in [1.807, 2.05) is 24.3 Å². The summed E-state index contributed by atoms with van der Waals surface area (Å²) < 4.78 is 54.2. The van der Waals surface area contributed by atoms with Crippen LogP contribution in [0.5, 0.6) is 11.5 Å². The highest BCUT2D eigenvalue weighted by molar-refractivity contribution is 7.89. The van der Waals surface area contributed by atoms with Crippen molar-refractivity contribution in [3.8, 4) is 11.5 Å². The topological polar surface area (TPSA) is 142 Å². The minimum absolute atomic E-state index is 0.0991. The Hall–Kier alpha value is -5.30. The molecule has 11 nitrogen and oxygen atoms in total. The zero-order chi connectivity index (χ0) is 30.4. The predicted molar refractivity (Wildman–Crippen MR) is 163 cm³/mol. The molecule has 1 aliphatic heterocycles. The molecule has 43 heavy (non-hydrogen) atoms. The molecule has 1 heterocycles. The van der Waals surface area contributed by atoms with Crippen LogP contribution in [0.25, 0.3) is 0 Å². The van der Waals surface area contributed by atoms with Gasteiger partial charge in [0.2, 0.25) is 5.91 Å². The normalized spacial score (nSPS) is 15.5. The number of fused-ring (bicyclic) bond motifs is 1. The molecule has 13 heteroatoms. The van der Waals surface area contributed by atoms with Crippen LogP contribution in [-0.2, 0) is 14.8 Å². The first kappa shape index (κ1) is 29.2. The molecule has 5 rings (SSSR count). The number of para-hydroxylation sites is 1. The van der Waals surface area contributed by atoms with Crippen LogP contribution < -0.4 is 35.5 Å². The Kier molecular flexibility index (Phi) is 8.62. The van der Waals surface area contributed by atoms with Crippen molar-refractivity contribution in [2.45, 2.75) is 10.9 Å². The van der Waals surface area contributed by atoms with Crippen LogP contribution in [0.4, 0.5) is 21.5 Å². The second kappa shape index (κ2) is 12.7. The van der Waals surface area contributed by atoms with E-state index in [0.29, 0.717) is 22.9 Å². The summed E-state index contributed by atoms with van der Waals surface area (Å²) in [7, 11) is -1.10. The van der Waals surface area contributed by atoms with E-state index in [-0.39, 0.29) is 40.5 Å². The van der Waals surface area contributed by atoms with Crippen molar-refractivity contribution in [1.82, 2.24) is 10.0 Å². The second-order valence-corrected chi connectivity index (χ2v) is 11.0. The summed E-state index contributed by atoms with van der Waals surface area (Å²) in [6.45, 7) is -0.221. The molecule has 0 aromatic heterocycles. The van der Waals surface area contributed by atoms with E-state index < -0.39 is 21.7 Å². The molecule has 3 aromatic rings. The highest BCUT2D eigenvalue weighted by Crippen LogP contribution is 2.28. The van der Waals surface area contributed by atoms with Gasteiger partial charge in [0.05, 0.1) is 43.1 Å². The van der Waals surface area contributed by atoms with Crippen LogP contribution in [0.15, 0.2) is 113 Å². The third-order valence-electron chi connectivity index (χ3n) is 6.37. The summed E-state index contributed by atoms with van der Waals surface area (Å²) in [6, 6.07) is 16.5. The molecule has 1 atom stereocenters. The molecule has 0 radical (unpaired) electrons. The first-order chi connectivity index (χ1) is 20.7. The van der Waals surface area contributed by atoms with E-state index in [1.54, 1.807) is 36.4 Å². The van der Waals surface area contributed by atoms with Crippen molar-refractivity contribution in [3.63, 3.8) is 0 Å². The van der Waals surface area contributed by atoms with E-state index in [9.17, 15) is 17.6 Å². The predicted octanol–water partition coefficient (Wildman–Crippen LogP) is 3.95. The molecular formula is C30H29FN6O5S. The quantitative estimate of drug-likeness (QED) is 0.222. The van der Waals surface area contributed by atoms with Gasteiger partial charge in [-0.15, -0.1) is 0 Å². The number of hydrogen-bond donors (Lipinski definition) is 5. The van der Waals surface area contributed by atoms with Gasteiger partial charge >= 0.3 is 0 Å². The fourth-order valence-electron chi connectivity index (χ4n) is 4.27. The Morgan fingerprint density at radius 2 is 1.74 bits per heavy atom. The summed E-state index contributed by atoms with van der Waals surface area (Å²) in [5, 5.41) is 11.7. The number of halogens is 1. The summed E-state index contributed by atoms with van der Waals surface area (Å²) in [5.41, 5.74) is 1.65. The zero-order valence-electron chi connectivity index (χ0n) is 23.2. The Morgan fingerprint density at radius 3 is 2.49 bits per heavy atom. The average Bonchev–Trinajstić information content (AvgIpc) is 3.00. The van der Waals surface area contributed by atoms with E-state index in [0.717, 1.165) is 0 Å². The van der Waals surface area contributed by atoms with E-state index in [4.69, 9.17) is 9.47 Å². The van der Waals surface area contributed by atoms with Gasteiger partial charge in [0.1, 0.15) is 17.3 Å². The number of rotatable bonds is 11. The number of allylic oxidation sites excluding steroid dienone is 2. The number of aliphatic imine (C=N–C) groups is 1. The summed E-state index contributed by atoms with van der Waals surface area (Å²) >= 11 is 0. The van der Waals surface area contributed by atoms with E-state index >= 15 is 0 Å². The number of nitrogens with zero attached hydrogens (tertiary/aromatic N) is 1. The summed E-state index contributed by atoms with van der Waals surface area (Å²) in [4.78, 5) is 17.0. The van der Waals surface area contributed by atoms with Crippen molar-refractivity contribution in [3.05, 3.63) is 108 Å². The molecule has 0 bridgehead atoms. The highest BCUT2D eigenvalue weighted by Gasteiger charge is 2.27. The van der Waals surface area contributed by atoms with Crippen molar-refractivity contribution in [2.75, 3.05) is 36.7 Å². The van der Waals surface area contributed by atoms with Crippen LogP contribution in [0.1, 0.15) is 0 Å². The van der Waals surface area contributed by atoms with Crippen molar-refractivity contribution in [1.29, 1.82) is 0 Å². The minimum Gasteiger partial charge on any atom is -0.497 e. The maximum Gasteiger partial charge on any atom is 0.263 e. The molecule has 3 aromatic carbocycles. The fourth-order valence-corrected chi connectivity index (χ4v) is 5.36. The number of sulfonamides is 1. The lowest BCUT2D eigenvalue weighted by molar-refractivity contribution is -0.114. The molecular weight excluding hydrogens is 575 g/mol. The molecule has 1 unspecified atom stereocenters. The van der Waals surface area contributed by atoms with Crippen molar-refractivity contribution >= 4 is 38.7 Å². The van der Waals surface area contributed by atoms with Gasteiger partial charge in [-0.2, -0.15) is 0 Å². The molecule has 0 spiro atoms.